The molecule has 3 aliphatic rings. The molecule has 3 unspecified atom stereocenters. The standard InChI is InChI=1S/C18H25NO/c20-17(12-5-6-12)11-19-18-15-7-8-16(18)10-14-4-2-1-3-13(14)9-15/h1-4,12,15-20H,5-11H2. The third-order valence-electron chi connectivity index (χ3n) is 5.74. The Bertz CT molecular complexity index is 449. The van der Waals surface area contributed by atoms with E-state index in [1.54, 1.807) is 11.1 Å². The van der Waals surface area contributed by atoms with Crippen molar-refractivity contribution in [1.29, 1.82) is 0 Å². The lowest BCUT2D eigenvalue weighted by Crippen LogP contribution is -2.42. The number of aliphatic hydroxyl groups is 1. The van der Waals surface area contributed by atoms with Gasteiger partial charge in [-0.15, -0.1) is 0 Å². The number of hydrogen-bond acceptors (Lipinski definition) is 2. The van der Waals surface area contributed by atoms with Crippen LogP contribution in [0.3, 0.4) is 0 Å². The van der Waals surface area contributed by atoms with Crippen LogP contribution in [-0.4, -0.2) is 23.8 Å². The fourth-order valence-corrected chi connectivity index (χ4v) is 4.39. The molecule has 0 saturated heterocycles. The van der Waals surface area contributed by atoms with Gasteiger partial charge in [0.05, 0.1) is 6.10 Å². The fourth-order valence-electron chi connectivity index (χ4n) is 4.39. The number of rotatable bonds is 4. The quantitative estimate of drug-likeness (QED) is 0.882. The third kappa shape index (κ3) is 2.40. The van der Waals surface area contributed by atoms with Gasteiger partial charge in [-0.2, -0.15) is 0 Å². The first-order chi connectivity index (χ1) is 9.81. The molecule has 2 nitrogen and oxygen atoms in total. The van der Waals surface area contributed by atoms with E-state index < -0.39 is 0 Å². The van der Waals surface area contributed by atoms with E-state index in [0.29, 0.717) is 12.0 Å². The Labute approximate surface area is 121 Å². The predicted molar refractivity (Wildman–Crippen MR) is 80.6 cm³/mol. The van der Waals surface area contributed by atoms with E-state index in [4.69, 9.17) is 0 Å². The molecule has 2 heteroatoms. The molecule has 4 rings (SSSR count). The first-order valence-corrected chi connectivity index (χ1v) is 8.29. The third-order valence-corrected chi connectivity index (χ3v) is 5.74. The van der Waals surface area contributed by atoms with E-state index in [1.165, 1.54) is 38.5 Å². The molecule has 2 N–H and O–H groups in total. The van der Waals surface area contributed by atoms with E-state index in [2.05, 4.69) is 29.6 Å². The molecule has 3 atom stereocenters. The minimum absolute atomic E-state index is 0.111. The van der Waals surface area contributed by atoms with Crippen LogP contribution in [0.2, 0.25) is 0 Å². The van der Waals surface area contributed by atoms with E-state index in [-0.39, 0.29) is 6.10 Å². The second kappa shape index (κ2) is 5.16. The van der Waals surface area contributed by atoms with Crippen molar-refractivity contribution in [3.63, 3.8) is 0 Å². The Morgan fingerprint density at radius 1 is 1.00 bits per heavy atom. The van der Waals surface area contributed by atoms with Crippen molar-refractivity contribution in [2.75, 3.05) is 6.54 Å². The molecule has 1 aromatic rings. The van der Waals surface area contributed by atoms with E-state index in [0.717, 1.165) is 18.4 Å². The van der Waals surface area contributed by atoms with Gasteiger partial charge in [0.1, 0.15) is 0 Å². The summed E-state index contributed by atoms with van der Waals surface area (Å²) in [6.45, 7) is 0.804. The molecule has 0 aliphatic heterocycles. The van der Waals surface area contributed by atoms with Crippen LogP contribution in [0.15, 0.2) is 24.3 Å². The maximum Gasteiger partial charge on any atom is 0.0692 e. The first-order valence-electron chi connectivity index (χ1n) is 8.29. The van der Waals surface area contributed by atoms with Crippen molar-refractivity contribution in [3.8, 4) is 0 Å². The number of benzene rings is 1. The summed E-state index contributed by atoms with van der Waals surface area (Å²) < 4.78 is 0. The molecule has 0 amide bonds. The molecule has 0 radical (unpaired) electrons. The van der Waals surface area contributed by atoms with Gasteiger partial charge in [-0.3, -0.25) is 0 Å². The minimum Gasteiger partial charge on any atom is -0.392 e. The summed E-state index contributed by atoms with van der Waals surface area (Å²) in [5, 5.41) is 13.8. The average Bonchev–Trinajstić information content (AvgIpc) is 3.23. The SMILES string of the molecule is OC(CNC1C2CCC1Cc1ccccc1C2)C1CC1. The summed E-state index contributed by atoms with van der Waals surface area (Å²) in [6, 6.07) is 9.60. The van der Waals surface area contributed by atoms with Gasteiger partial charge in [0.15, 0.2) is 0 Å². The Morgan fingerprint density at radius 3 is 2.15 bits per heavy atom. The van der Waals surface area contributed by atoms with Crippen LogP contribution in [-0.2, 0) is 12.8 Å². The maximum atomic E-state index is 10.1. The molecule has 20 heavy (non-hydrogen) atoms. The Hall–Kier alpha value is -0.860. The smallest absolute Gasteiger partial charge is 0.0692 e. The number of fused-ring (bicyclic) bond motifs is 3. The molecule has 3 aliphatic carbocycles. The molecule has 2 fully saturated rings. The summed E-state index contributed by atoms with van der Waals surface area (Å²) in [6.07, 6.45) is 7.51. The summed E-state index contributed by atoms with van der Waals surface area (Å²) in [7, 11) is 0. The summed E-state index contributed by atoms with van der Waals surface area (Å²) in [5.41, 5.74) is 3.13. The highest BCUT2D eigenvalue weighted by Gasteiger charge is 2.39. The molecule has 0 spiro atoms. The molecular formula is C18H25NO. The molecular weight excluding hydrogens is 246 g/mol. The van der Waals surface area contributed by atoms with E-state index in [9.17, 15) is 5.11 Å². The molecule has 2 bridgehead atoms. The lowest BCUT2D eigenvalue weighted by atomic mass is 9.94. The Balaban J connectivity index is 1.46. The van der Waals surface area contributed by atoms with Crippen LogP contribution in [0.5, 0.6) is 0 Å². The lowest BCUT2D eigenvalue weighted by molar-refractivity contribution is 0.138. The van der Waals surface area contributed by atoms with Gasteiger partial charge in [-0.05, 0) is 67.4 Å². The monoisotopic (exact) mass is 271 g/mol. The molecule has 0 aromatic heterocycles. The zero-order chi connectivity index (χ0) is 13.5. The number of nitrogens with one attached hydrogen (secondary N) is 1. The van der Waals surface area contributed by atoms with Crippen molar-refractivity contribution in [2.45, 2.75) is 50.7 Å². The van der Waals surface area contributed by atoms with Gasteiger partial charge in [-0.25, -0.2) is 0 Å². The first kappa shape index (κ1) is 12.8. The normalized spacial score (nSPS) is 33.5. The summed E-state index contributed by atoms with van der Waals surface area (Å²) in [5.74, 6) is 2.13. The zero-order valence-electron chi connectivity index (χ0n) is 12.1. The van der Waals surface area contributed by atoms with Crippen LogP contribution >= 0.6 is 0 Å². The average molecular weight is 271 g/mol. The van der Waals surface area contributed by atoms with Gasteiger partial charge >= 0.3 is 0 Å². The van der Waals surface area contributed by atoms with Crippen LogP contribution in [0, 0.1) is 17.8 Å². The second-order valence-electron chi connectivity index (χ2n) is 7.11. The van der Waals surface area contributed by atoms with Crippen LogP contribution in [0.25, 0.3) is 0 Å². The van der Waals surface area contributed by atoms with E-state index in [1.807, 2.05) is 0 Å². The fraction of sp³-hybridized carbons (Fsp3) is 0.667. The Morgan fingerprint density at radius 2 is 1.60 bits per heavy atom. The van der Waals surface area contributed by atoms with Crippen LogP contribution in [0.1, 0.15) is 36.8 Å². The van der Waals surface area contributed by atoms with Crippen molar-refractivity contribution in [1.82, 2.24) is 5.32 Å². The molecule has 2 saturated carbocycles. The van der Waals surface area contributed by atoms with Gasteiger partial charge in [-0.1, -0.05) is 24.3 Å². The van der Waals surface area contributed by atoms with Crippen molar-refractivity contribution in [2.24, 2.45) is 17.8 Å². The van der Waals surface area contributed by atoms with E-state index >= 15 is 0 Å². The van der Waals surface area contributed by atoms with Crippen LogP contribution < -0.4 is 5.32 Å². The topological polar surface area (TPSA) is 32.3 Å². The molecule has 1 aromatic carbocycles. The molecule has 108 valence electrons. The maximum absolute atomic E-state index is 10.1. The van der Waals surface area contributed by atoms with Crippen molar-refractivity contribution in [3.05, 3.63) is 35.4 Å². The van der Waals surface area contributed by atoms with Gasteiger partial charge in [0.25, 0.3) is 0 Å². The van der Waals surface area contributed by atoms with Gasteiger partial charge < -0.3 is 10.4 Å². The van der Waals surface area contributed by atoms with Gasteiger partial charge in [0, 0.05) is 12.6 Å². The second-order valence-corrected chi connectivity index (χ2v) is 7.11. The van der Waals surface area contributed by atoms with Crippen molar-refractivity contribution < 1.29 is 5.11 Å². The summed E-state index contributed by atoms with van der Waals surface area (Å²) >= 11 is 0. The summed E-state index contributed by atoms with van der Waals surface area (Å²) in [4.78, 5) is 0. The minimum atomic E-state index is -0.111. The highest BCUT2D eigenvalue weighted by atomic mass is 16.3. The van der Waals surface area contributed by atoms with Gasteiger partial charge in [0.2, 0.25) is 0 Å². The number of aliphatic hydroxyl groups excluding tert-OH is 1. The largest absolute Gasteiger partial charge is 0.392 e. The molecule has 0 heterocycles. The Kier molecular flexibility index (Phi) is 3.31. The number of hydrogen-bond donors (Lipinski definition) is 2. The highest BCUT2D eigenvalue weighted by Crippen LogP contribution is 2.40. The lowest BCUT2D eigenvalue weighted by Gasteiger charge is -2.25. The predicted octanol–water partition coefficient (Wildman–Crippen LogP) is 2.54. The zero-order valence-corrected chi connectivity index (χ0v) is 12.1. The van der Waals surface area contributed by atoms with Crippen molar-refractivity contribution >= 4 is 0 Å². The highest BCUT2D eigenvalue weighted by molar-refractivity contribution is 5.30. The van der Waals surface area contributed by atoms with Crippen LogP contribution in [0.4, 0.5) is 0 Å².